The number of hydrogen-bond acceptors (Lipinski definition) is 7. The molecule has 0 spiro atoms. The SMILES string of the molecule is Cc1nc(SC(C)(C)C(=O)O)sc1CCNc1ncc(-c2ccc(C(F)(F)F)cc2)cn1. The molecule has 0 unspecified atom stereocenters. The highest BCUT2D eigenvalue weighted by atomic mass is 32.2. The average Bonchev–Trinajstić information content (AvgIpc) is 3.06. The lowest BCUT2D eigenvalue weighted by molar-refractivity contribution is -0.139. The number of rotatable bonds is 8. The molecule has 0 saturated heterocycles. The van der Waals surface area contributed by atoms with Crippen LogP contribution in [-0.2, 0) is 17.4 Å². The van der Waals surface area contributed by atoms with Crippen molar-refractivity contribution in [3.63, 3.8) is 0 Å². The van der Waals surface area contributed by atoms with Crippen molar-refractivity contribution in [2.75, 3.05) is 11.9 Å². The second-order valence-electron chi connectivity index (χ2n) is 7.45. The predicted octanol–water partition coefficient (Wildman–Crippen LogP) is 5.54. The van der Waals surface area contributed by atoms with Gasteiger partial charge in [-0.15, -0.1) is 11.3 Å². The Morgan fingerprint density at radius 1 is 1.12 bits per heavy atom. The molecular weight excluding hydrogens is 461 g/mol. The summed E-state index contributed by atoms with van der Waals surface area (Å²) in [6.45, 7) is 5.72. The zero-order valence-corrected chi connectivity index (χ0v) is 19.2. The lowest BCUT2D eigenvalue weighted by atomic mass is 10.1. The van der Waals surface area contributed by atoms with Crippen molar-refractivity contribution in [2.24, 2.45) is 0 Å². The summed E-state index contributed by atoms with van der Waals surface area (Å²) in [7, 11) is 0. The second kappa shape index (κ2) is 9.45. The van der Waals surface area contributed by atoms with E-state index in [1.807, 2.05) is 6.92 Å². The van der Waals surface area contributed by atoms with E-state index in [2.05, 4.69) is 20.3 Å². The molecule has 0 saturated carbocycles. The molecule has 2 N–H and O–H groups in total. The smallest absolute Gasteiger partial charge is 0.416 e. The quantitative estimate of drug-likeness (QED) is 0.408. The van der Waals surface area contributed by atoms with Crippen LogP contribution in [0.4, 0.5) is 19.1 Å². The van der Waals surface area contributed by atoms with Gasteiger partial charge in [0.2, 0.25) is 5.95 Å². The van der Waals surface area contributed by atoms with E-state index in [0.29, 0.717) is 34.4 Å². The Morgan fingerprint density at radius 2 is 1.75 bits per heavy atom. The Balaban J connectivity index is 1.57. The number of hydrogen-bond donors (Lipinski definition) is 2. The van der Waals surface area contributed by atoms with Gasteiger partial charge in [0, 0.05) is 35.8 Å². The number of halogens is 3. The molecule has 0 aliphatic heterocycles. The van der Waals surface area contributed by atoms with Gasteiger partial charge in [0.05, 0.1) is 11.3 Å². The van der Waals surface area contributed by atoms with E-state index in [9.17, 15) is 23.1 Å². The fourth-order valence-corrected chi connectivity index (χ4v) is 5.24. The summed E-state index contributed by atoms with van der Waals surface area (Å²) < 4.78 is 37.8. The maximum Gasteiger partial charge on any atom is 0.416 e. The summed E-state index contributed by atoms with van der Waals surface area (Å²) in [6, 6.07) is 4.84. The molecule has 2 heterocycles. The van der Waals surface area contributed by atoms with E-state index >= 15 is 0 Å². The molecule has 3 aromatic rings. The van der Waals surface area contributed by atoms with Gasteiger partial charge in [0.25, 0.3) is 0 Å². The van der Waals surface area contributed by atoms with Gasteiger partial charge in [-0.2, -0.15) is 13.2 Å². The molecule has 0 amide bonds. The Hall–Kier alpha value is -2.66. The van der Waals surface area contributed by atoms with Crippen LogP contribution in [0.5, 0.6) is 0 Å². The molecule has 11 heteroatoms. The Kier molecular flexibility index (Phi) is 7.09. The number of thiazole rings is 1. The van der Waals surface area contributed by atoms with Gasteiger partial charge in [0.1, 0.15) is 4.75 Å². The van der Waals surface area contributed by atoms with Crippen LogP contribution in [0.1, 0.15) is 30.0 Å². The minimum Gasteiger partial charge on any atom is -0.480 e. The number of benzene rings is 1. The number of carbonyl (C=O) groups is 1. The Morgan fingerprint density at radius 3 is 2.31 bits per heavy atom. The van der Waals surface area contributed by atoms with E-state index in [-0.39, 0.29) is 0 Å². The van der Waals surface area contributed by atoms with Crippen LogP contribution < -0.4 is 5.32 Å². The summed E-state index contributed by atoms with van der Waals surface area (Å²) in [5.41, 5.74) is 1.37. The van der Waals surface area contributed by atoms with Crippen LogP contribution in [0, 0.1) is 6.92 Å². The fraction of sp³-hybridized carbons (Fsp3) is 0.333. The highest BCUT2D eigenvalue weighted by Crippen LogP contribution is 2.36. The Bertz CT molecular complexity index is 1080. The number of nitrogens with one attached hydrogen (secondary N) is 1. The third kappa shape index (κ3) is 5.98. The fourth-order valence-electron chi connectivity index (χ4n) is 2.65. The van der Waals surface area contributed by atoms with E-state index < -0.39 is 22.5 Å². The molecule has 1 aromatic carbocycles. The summed E-state index contributed by atoms with van der Waals surface area (Å²) in [4.78, 5) is 25.3. The van der Waals surface area contributed by atoms with Crippen LogP contribution in [0.25, 0.3) is 11.1 Å². The van der Waals surface area contributed by atoms with Gasteiger partial charge >= 0.3 is 12.1 Å². The Labute approximate surface area is 191 Å². The molecule has 32 heavy (non-hydrogen) atoms. The van der Waals surface area contributed by atoms with Gasteiger partial charge in [-0.3, -0.25) is 4.79 Å². The third-order valence-electron chi connectivity index (χ3n) is 4.56. The van der Waals surface area contributed by atoms with Gasteiger partial charge in [-0.05, 0) is 38.5 Å². The van der Waals surface area contributed by atoms with Crippen LogP contribution in [-0.4, -0.2) is 37.3 Å². The highest BCUT2D eigenvalue weighted by Gasteiger charge is 2.31. The van der Waals surface area contributed by atoms with E-state index in [1.165, 1.54) is 35.2 Å². The topological polar surface area (TPSA) is 88.0 Å². The van der Waals surface area contributed by atoms with Crippen molar-refractivity contribution < 1.29 is 23.1 Å². The number of aryl methyl sites for hydroxylation is 1. The van der Waals surface area contributed by atoms with E-state index in [4.69, 9.17) is 0 Å². The summed E-state index contributed by atoms with van der Waals surface area (Å²) in [5, 5.41) is 12.4. The number of aromatic nitrogens is 3. The number of carboxylic acids is 1. The monoisotopic (exact) mass is 482 g/mol. The number of thioether (sulfide) groups is 1. The van der Waals surface area contributed by atoms with Crippen molar-refractivity contribution in [3.8, 4) is 11.1 Å². The second-order valence-corrected chi connectivity index (χ2v) is 10.4. The van der Waals surface area contributed by atoms with Gasteiger partial charge in [0.15, 0.2) is 4.34 Å². The van der Waals surface area contributed by atoms with E-state index in [0.717, 1.165) is 22.7 Å². The van der Waals surface area contributed by atoms with Crippen LogP contribution in [0.2, 0.25) is 0 Å². The predicted molar refractivity (Wildman–Crippen MR) is 119 cm³/mol. The maximum absolute atomic E-state index is 12.7. The molecule has 0 fully saturated rings. The first-order valence-corrected chi connectivity index (χ1v) is 11.2. The third-order valence-corrected chi connectivity index (χ3v) is 7.03. The molecule has 0 aliphatic carbocycles. The first-order chi connectivity index (χ1) is 15.0. The van der Waals surface area contributed by atoms with Crippen LogP contribution in [0.3, 0.4) is 0 Å². The summed E-state index contributed by atoms with van der Waals surface area (Å²) in [5.74, 6) is -0.486. The summed E-state index contributed by atoms with van der Waals surface area (Å²) >= 11 is 2.69. The molecule has 2 aromatic heterocycles. The minimum absolute atomic E-state index is 0.407. The number of aliphatic carboxylic acids is 1. The summed E-state index contributed by atoms with van der Waals surface area (Å²) in [6.07, 6.45) is -0.593. The molecular formula is C21H21F3N4O2S2. The maximum atomic E-state index is 12.7. The standard InChI is InChI=1S/C21H21F3N4O2S2/c1-12-16(31-19(28-12)32-20(2,3)17(29)30)8-9-25-18-26-10-14(11-27-18)13-4-6-15(7-5-13)21(22,23)24/h4-7,10-11H,8-9H2,1-3H3,(H,29,30)(H,25,26,27). The van der Waals surface area contributed by atoms with Crippen molar-refractivity contribution in [2.45, 2.75) is 42.5 Å². The van der Waals surface area contributed by atoms with Crippen LogP contribution in [0.15, 0.2) is 41.0 Å². The normalized spacial score (nSPS) is 12.1. The number of carboxylic acid groups (broad SMARTS) is 1. The van der Waals surface area contributed by atoms with Gasteiger partial charge in [-0.1, -0.05) is 23.9 Å². The molecule has 3 rings (SSSR count). The van der Waals surface area contributed by atoms with Crippen LogP contribution >= 0.6 is 23.1 Å². The lowest BCUT2D eigenvalue weighted by Gasteiger charge is -2.15. The molecule has 0 radical (unpaired) electrons. The molecule has 6 nitrogen and oxygen atoms in total. The van der Waals surface area contributed by atoms with Crippen molar-refractivity contribution in [1.82, 2.24) is 15.0 Å². The zero-order valence-electron chi connectivity index (χ0n) is 17.5. The largest absolute Gasteiger partial charge is 0.480 e. The molecule has 170 valence electrons. The lowest BCUT2D eigenvalue weighted by Crippen LogP contribution is -2.26. The molecule has 0 aliphatic rings. The van der Waals surface area contributed by atoms with Gasteiger partial charge in [-0.25, -0.2) is 15.0 Å². The number of alkyl halides is 3. The highest BCUT2D eigenvalue weighted by molar-refractivity contribution is 8.03. The molecule has 0 bridgehead atoms. The van der Waals surface area contributed by atoms with E-state index in [1.54, 1.807) is 26.2 Å². The van der Waals surface area contributed by atoms with Gasteiger partial charge < -0.3 is 10.4 Å². The van der Waals surface area contributed by atoms with Crippen molar-refractivity contribution >= 4 is 35.0 Å². The minimum atomic E-state index is -4.37. The number of nitrogens with zero attached hydrogens (tertiary/aromatic N) is 3. The first-order valence-electron chi connectivity index (χ1n) is 9.58. The molecule has 0 atom stereocenters. The van der Waals surface area contributed by atoms with Crippen molar-refractivity contribution in [1.29, 1.82) is 0 Å². The average molecular weight is 483 g/mol. The number of anilines is 1. The van der Waals surface area contributed by atoms with Crippen molar-refractivity contribution in [3.05, 3.63) is 52.8 Å². The first kappa shape index (κ1) is 24.0. The zero-order chi connectivity index (χ0) is 23.5.